The number of carbonyl (C=O) groups is 3. The molecule has 0 radical (unpaired) electrons. The van der Waals surface area contributed by atoms with Crippen molar-refractivity contribution in [3.8, 4) is 0 Å². The average Bonchev–Trinajstić information content (AvgIpc) is 2.82. The predicted molar refractivity (Wildman–Crippen MR) is 74.2 cm³/mol. The summed E-state index contributed by atoms with van der Waals surface area (Å²) in [5.41, 5.74) is -0.614. The Labute approximate surface area is 122 Å². The third-order valence-electron chi connectivity index (χ3n) is 2.45. The molecule has 1 rings (SSSR count). The zero-order chi connectivity index (χ0) is 15.3. The third kappa shape index (κ3) is 4.92. The lowest BCUT2D eigenvalue weighted by Crippen LogP contribution is -2.49. The molecule has 0 aromatic heterocycles. The number of thioether (sulfide) groups is 1. The monoisotopic (exact) mass is 304 g/mol. The molecule has 114 valence electrons. The molecule has 7 nitrogen and oxygen atoms in total. The van der Waals surface area contributed by atoms with Crippen molar-refractivity contribution in [3.63, 3.8) is 0 Å². The number of nitrogens with one attached hydrogen (secondary N) is 1. The first-order valence-electron chi connectivity index (χ1n) is 6.16. The molecule has 8 heteroatoms. The van der Waals surface area contributed by atoms with Crippen LogP contribution in [0.1, 0.15) is 20.8 Å². The van der Waals surface area contributed by atoms with Crippen molar-refractivity contribution in [2.24, 2.45) is 0 Å². The van der Waals surface area contributed by atoms with Gasteiger partial charge in [-0.05, 0) is 20.8 Å². The van der Waals surface area contributed by atoms with Crippen LogP contribution in [0.3, 0.4) is 0 Å². The van der Waals surface area contributed by atoms with E-state index < -0.39 is 23.7 Å². The minimum Gasteiger partial charge on any atom is -0.468 e. The zero-order valence-electron chi connectivity index (χ0n) is 12.1. The second-order valence-electron chi connectivity index (χ2n) is 5.26. The van der Waals surface area contributed by atoms with Crippen molar-refractivity contribution in [2.45, 2.75) is 32.4 Å². The highest BCUT2D eigenvalue weighted by atomic mass is 32.2. The van der Waals surface area contributed by atoms with Crippen LogP contribution in [0.5, 0.6) is 0 Å². The van der Waals surface area contributed by atoms with E-state index in [1.165, 1.54) is 23.8 Å². The highest BCUT2D eigenvalue weighted by Gasteiger charge is 2.37. The van der Waals surface area contributed by atoms with Gasteiger partial charge >= 0.3 is 12.1 Å². The molecule has 1 heterocycles. The van der Waals surface area contributed by atoms with Crippen LogP contribution in [0.15, 0.2) is 0 Å². The number of hydrogen-bond donors (Lipinski definition) is 1. The number of esters is 1. The Hall–Kier alpha value is -1.44. The van der Waals surface area contributed by atoms with Crippen LogP contribution in [-0.2, 0) is 19.1 Å². The lowest BCUT2D eigenvalue weighted by Gasteiger charge is -2.27. The summed E-state index contributed by atoms with van der Waals surface area (Å²) in [7, 11) is 1.24. The molecular formula is C12H20N2O5S. The molecule has 0 unspecified atom stereocenters. The van der Waals surface area contributed by atoms with Gasteiger partial charge in [0, 0.05) is 5.75 Å². The van der Waals surface area contributed by atoms with Crippen LogP contribution in [0.25, 0.3) is 0 Å². The van der Waals surface area contributed by atoms with Crippen LogP contribution in [0, 0.1) is 0 Å². The molecule has 0 aliphatic carbocycles. The predicted octanol–water partition coefficient (Wildman–Crippen LogP) is 0.586. The Morgan fingerprint density at radius 2 is 2.00 bits per heavy atom. The summed E-state index contributed by atoms with van der Waals surface area (Å²) in [4.78, 5) is 36.3. The first-order valence-corrected chi connectivity index (χ1v) is 7.32. The van der Waals surface area contributed by atoms with E-state index in [4.69, 9.17) is 4.74 Å². The molecule has 0 aromatic rings. The first kappa shape index (κ1) is 16.6. The number of hydrogen-bond acceptors (Lipinski definition) is 6. The molecule has 1 atom stereocenters. The highest BCUT2D eigenvalue weighted by molar-refractivity contribution is 7.99. The minimum absolute atomic E-state index is 0.210. The number of amides is 2. The van der Waals surface area contributed by atoms with Gasteiger partial charge in [-0.1, -0.05) is 0 Å². The van der Waals surface area contributed by atoms with Gasteiger partial charge in [-0.15, -0.1) is 11.8 Å². The summed E-state index contributed by atoms with van der Waals surface area (Å²) in [5, 5.41) is 2.45. The maximum absolute atomic E-state index is 12.0. The molecule has 1 saturated heterocycles. The van der Waals surface area contributed by atoms with Gasteiger partial charge in [-0.3, -0.25) is 14.5 Å². The fourth-order valence-corrected chi connectivity index (χ4v) is 2.65. The molecule has 1 fully saturated rings. The van der Waals surface area contributed by atoms with E-state index in [0.29, 0.717) is 11.6 Å². The maximum Gasteiger partial charge on any atom is 0.411 e. The van der Waals surface area contributed by atoms with Gasteiger partial charge in [0.15, 0.2) is 0 Å². The van der Waals surface area contributed by atoms with Gasteiger partial charge in [0.25, 0.3) is 0 Å². The molecule has 1 aliphatic heterocycles. The minimum atomic E-state index is -0.625. The van der Waals surface area contributed by atoms with E-state index in [1.54, 1.807) is 20.8 Å². The first-order chi connectivity index (χ1) is 9.24. The van der Waals surface area contributed by atoms with E-state index >= 15 is 0 Å². The Balaban J connectivity index is 2.58. The normalized spacial score (nSPS) is 18.6. The van der Waals surface area contributed by atoms with E-state index in [-0.39, 0.29) is 12.5 Å². The largest absolute Gasteiger partial charge is 0.468 e. The number of methoxy groups -OCH3 is 1. The second kappa shape index (κ2) is 6.83. The summed E-state index contributed by atoms with van der Waals surface area (Å²) < 4.78 is 9.69. The zero-order valence-corrected chi connectivity index (χ0v) is 12.9. The smallest absolute Gasteiger partial charge is 0.411 e. The van der Waals surface area contributed by atoms with Crippen molar-refractivity contribution in [1.82, 2.24) is 10.2 Å². The molecule has 0 aromatic carbocycles. The van der Waals surface area contributed by atoms with Crippen LogP contribution >= 0.6 is 11.8 Å². The average molecular weight is 304 g/mol. The van der Waals surface area contributed by atoms with Gasteiger partial charge in [0.05, 0.1) is 13.0 Å². The number of carbonyl (C=O) groups excluding carboxylic acids is 3. The fourth-order valence-electron chi connectivity index (χ4n) is 1.51. The van der Waals surface area contributed by atoms with Crippen molar-refractivity contribution < 1.29 is 23.9 Å². The highest BCUT2D eigenvalue weighted by Crippen LogP contribution is 2.23. The summed E-state index contributed by atoms with van der Waals surface area (Å²) in [6, 6.07) is -0.625. The van der Waals surface area contributed by atoms with Gasteiger partial charge in [0.1, 0.15) is 18.2 Å². The van der Waals surface area contributed by atoms with Crippen LogP contribution in [0.2, 0.25) is 0 Å². The second-order valence-corrected chi connectivity index (χ2v) is 6.26. The number of ether oxygens (including phenoxy) is 2. The lowest BCUT2D eigenvalue weighted by molar-refractivity contribution is -0.141. The molecule has 0 saturated carbocycles. The molecule has 2 amide bonds. The third-order valence-corrected chi connectivity index (χ3v) is 3.46. The van der Waals surface area contributed by atoms with Crippen molar-refractivity contribution in [2.75, 3.05) is 25.3 Å². The number of nitrogens with zero attached hydrogens (tertiary/aromatic N) is 1. The Bertz CT molecular complexity index is 394. The standard InChI is InChI=1S/C12H20N2O5S/c1-12(2,3)19-11(17)14-7-20-6-8(14)10(16)13-5-9(15)18-4/h8H,5-7H2,1-4H3,(H,13,16)/t8-/m0/s1. The molecule has 1 N–H and O–H groups in total. The van der Waals surface area contributed by atoms with Crippen molar-refractivity contribution >= 4 is 29.7 Å². The van der Waals surface area contributed by atoms with Crippen LogP contribution < -0.4 is 5.32 Å². The Morgan fingerprint density at radius 3 is 2.55 bits per heavy atom. The summed E-state index contributed by atoms with van der Waals surface area (Å²) >= 11 is 1.46. The number of rotatable bonds is 3. The topological polar surface area (TPSA) is 84.9 Å². The van der Waals surface area contributed by atoms with E-state index in [0.717, 1.165) is 0 Å². The lowest BCUT2D eigenvalue weighted by atomic mass is 10.2. The van der Waals surface area contributed by atoms with E-state index in [9.17, 15) is 14.4 Å². The summed E-state index contributed by atoms with van der Waals surface area (Å²) in [6.07, 6.45) is -0.527. The van der Waals surface area contributed by atoms with Crippen molar-refractivity contribution in [3.05, 3.63) is 0 Å². The van der Waals surface area contributed by atoms with Gasteiger partial charge in [-0.2, -0.15) is 0 Å². The van der Waals surface area contributed by atoms with Gasteiger partial charge in [0.2, 0.25) is 5.91 Å². The van der Waals surface area contributed by atoms with E-state index in [2.05, 4.69) is 10.1 Å². The molecular weight excluding hydrogens is 284 g/mol. The van der Waals surface area contributed by atoms with Gasteiger partial charge < -0.3 is 14.8 Å². The van der Waals surface area contributed by atoms with Gasteiger partial charge in [-0.25, -0.2) is 4.79 Å². The molecule has 20 heavy (non-hydrogen) atoms. The van der Waals surface area contributed by atoms with Crippen LogP contribution in [-0.4, -0.2) is 59.8 Å². The summed E-state index contributed by atoms with van der Waals surface area (Å²) in [5.74, 6) is -0.0450. The van der Waals surface area contributed by atoms with E-state index in [1.807, 2.05) is 0 Å². The van der Waals surface area contributed by atoms with Crippen molar-refractivity contribution in [1.29, 1.82) is 0 Å². The Morgan fingerprint density at radius 1 is 1.35 bits per heavy atom. The maximum atomic E-state index is 12.0. The molecule has 0 bridgehead atoms. The molecule has 0 spiro atoms. The summed E-state index contributed by atoms with van der Waals surface area (Å²) in [6.45, 7) is 5.08. The van der Waals surface area contributed by atoms with Crippen LogP contribution in [0.4, 0.5) is 4.79 Å². The molecule has 1 aliphatic rings. The quantitative estimate of drug-likeness (QED) is 0.768. The SMILES string of the molecule is COC(=O)CNC(=O)[C@@H]1CSCN1C(=O)OC(C)(C)C. The Kier molecular flexibility index (Phi) is 5.67. The fraction of sp³-hybridized carbons (Fsp3) is 0.750.